The van der Waals surface area contributed by atoms with Crippen LogP contribution in [0.2, 0.25) is 0 Å². The Labute approximate surface area is 222 Å². The van der Waals surface area contributed by atoms with Gasteiger partial charge in [0.1, 0.15) is 11.3 Å². The number of thiazole rings is 1. The summed E-state index contributed by atoms with van der Waals surface area (Å²) in [6.45, 7) is 5.85. The molecule has 2 aromatic heterocycles. The maximum Gasteiger partial charge on any atom is 0.249 e. The van der Waals surface area contributed by atoms with Gasteiger partial charge >= 0.3 is 0 Å². The van der Waals surface area contributed by atoms with Crippen LogP contribution in [0, 0.1) is 0 Å². The second-order valence-corrected chi connectivity index (χ2v) is 10.6. The fraction of sp³-hybridized carbons (Fsp3) is 0.345. The van der Waals surface area contributed by atoms with Crippen LogP contribution in [-0.2, 0) is 30.8 Å². The summed E-state index contributed by atoms with van der Waals surface area (Å²) < 4.78 is 0. The fourth-order valence-corrected chi connectivity index (χ4v) is 5.61. The molecule has 1 N–H and O–H groups in total. The summed E-state index contributed by atoms with van der Waals surface area (Å²) in [5.74, 6) is -0.0896. The SMILES string of the molecule is CC1=NC=NC(C)=C(C(=O)NCc2ccc(CN(Cc3nccs3)C3CCCc4cccnc43)cc2)C1. The number of benzene rings is 1. The van der Waals surface area contributed by atoms with Crippen molar-refractivity contribution < 1.29 is 4.79 Å². The second kappa shape index (κ2) is 11.7. The zero-order valence-electron chi connectivity index (χ0n) is 21.4. The van der Waals surface area contributed by atoms with Crippen LogP contribution < -0.4 is 5.32 Å². The molecule has 0 fully saturated rings. The monoisotopic (exact) mass is 512 g/mol. The normalized spacial score (nSPS) is 17.4. The third-order valence-electron chi connectivity index (χ3n) is 6.96. The molecule has 3 heterocycles. The summed E-state index contributed by atoms with van der Waals surface area (Å²) >= 11 is 1.70. The molecule has 0 spiro atoms. The van der Waals surface area contributed by atoms with E-state index in [0.29, 0.717) is 24.2 Å². The highest BCUT2D eigenvalue weighted by Crippen LogP contribution is 2.35. The van der Waals surface area contributed by atoms with E-state index in [0.717, 1.165) is 42.2 Å². The Morgan fingerprint density at radius 2 is 1.92 bits per heavy atom. The highest BCUT2D eigenvalue weighted by molar-refractivity contribution is 7.09. The summed E-state index contributed by atoms with van der Waals surface area (Å²) in [4.78, 5) is 33.1. The van der Waals surface area contributed by atoms with E-state index < -0.39 is 0 Å². The van der Waals surface area contributed by atoms with Gasteiger partial charge in [-0.25, -0.2) is 15.0 Å². The van der Waals surface area contributed by atoms with Crippen molar-refractivity contribution in [3.8, 4) is 0 Å². The molecule has 1 aliphatic carbocycles. The lowest BCUT2D eigenvalue weighted by atomic mass is 9.90. The number of allylic oxidation sites excluding steroid dienone is 1. The fourth-order valence-electron chi connectivity index (χ4n) is 4.97. The number of rotatable bonds is 8. The smallest absolute Gasteiger partial charge is 0.249 e. The number of aryl methyl sites for hydroxylation is 1. The van der Waals surface area contributed by atoms with Gasteiger partial charge in [0.2, 0.25) is 5.91 Å². The van der Waals surface area contributed by atoms with Crippen LogP contribution in [0.15, 0.2) is 75.4 Å². The van der Waals surface area contributed by atoms with Gasteiger partial charge in [0.25, 0.3) is 0 Å². The number of nitrogens with one attached hydrogen (secondary N) is 1. The molecule has 1 amide bonds. The van der Waals surface area contributed by atoms with Crippen LogP contribution in [-0.4, -0.2) is 32.8 Å². The molecule has 1 aliphatic heterocycles. The van der Waals surface area contributed by atoms with E-state index >= 15 is 0 Å². The Hall–Kier alpha value is -3.49. The first-order chi connectivity index (χ1) is 18.1. The second-order valence-electron chi connectivity index (χ2n) is 9.64. The van der Waals surface area contributed by atoms with Crippen LogP contribution >= 0.6 is 11.3 Å². The number of pyridine rings is 1. The van der Waals surface area contributed by atoms with Crippen molar-refractivity contribution in [3.63, 3.8) is 0 Å². The molecule has 2 aliphatic rings. The molecular weight excluding hydrogens is 480 g/mol. The maximum atomic E-state index is 12.8. The zero-order valence-corrected chi connectivity index (χ0v) is 22.2. The largest absolute Gasteiger partial charge is 0.348 e. The van der Waals surface area contributed by atoms with Crippen molar-refractivity contribution >= 4 is 29.3 Å². The van der Waals surface area contributed by atoms with Crippen molar-refractivity contribution in [3.05, 3.63) is 92.8 Å². The Morgan fingerprint density at radius 3 is 2.73 bits per heavy atom. The van der Waals surface area contributed by atoms with Crippen LogP contribution in [0.25, 0.3) is 0 Å². The number of hydrogen-bond acceptors (Lipinski definition) is 7. The standard InChI is InChI=1S/C29H32N6OS/c1-20-15-25(21(2)34-19-33-20)29(36)32-16-22-8-10-23(11-9-22)17-35(18-27-30-13-14-37-27)26-7-3-5-24-6-4-12-31-28(24)26/h4,6,8-14,19,26H,3,5,7,15-18H2,1-2H3,(H,32,36). The number of amides is 1. The molecule has 3 aromatic rings. The first kappa shape index (κ1) is 25.2. The highest BCUT2D eigenvalue weighted by atomic mass is 32.1. The summed E-state index contributed by atoms with van der Waals surface area (Å²) in [5, 5.41) is 6.21. The summed E-state index contributed by atoms with van der Waals surface area (Å²) in [7, 11) is 0. The Kier molecular flexibility index (Phi) is 7.96. The third kappa shape index (κ3) is 6.26. The Bertz CT molecular complexity index is 1330. The number of nitrogens with zero attached hydrogens (tertiary/aromatic N) is 5. The molecule has 37 heavy (non-hydrogen) atoms. The molecular formula is C29H32N6OS. The van der Waals surface area contributed by atoms with Gasteiger partial charge in [-0.1, -0.05) is 30.3 Å². The Balaban J connectivity index is 1.27. The summed E-state index contributed by atoms with van der Waals surface area (Å²) in [6.07, 6.45) is 9.19. The van der Waals surface area contributed by atoms with E-state index in [4.69, 9.17) is 4.98 Å². The first-order valence-corrected chi connectivity index (χ1v) is 13.6. The Morgan fingerprint density at radius 1 is 1.08 bits per heavy atom. The molecule has 7 nitrogen and oxygen atoms in total. The molecule has 1 aromatic carbocycles. The predicted molar refractivity (Wildman–Crippen MR) is 148 cm³/mol. The number of fused-ring (bicyclic) bond motifs is 1. The quantitative estimate of drug-likeness (QED) is 0.438. The molecule has 0 saturated heterocycles. The molecule has 1 unspecified atom stereocenters. The van der Waals surface area contributed by atoms with Gasteiger partial charge in [0, 0.05) is 54.3 Å². The van der Waals surface area contributed by atoms with Gasteiger partial charge in [-0.3, -0.25) is 14.7 Å². The van der Waals surface area contributed by atoms with Crippen molar-refractivity contribution in [2.75, 3.05) is 0 Å². The third-order valence-corrected chi connectivity index (χ3v) is 7.73. The minimum Gasteiger partial charge on any atom is -0.348 e. The first-order valence-electron chi connectivity index (χ1n) is 12.7. The van der Waals surface area contributed by atoms with E-state index in [9.17, 15) is 4.79 Å². The van der Waals surface area contributed by atoms with Gasteiger partial charge in [-0.05, 0) is 55.9 Å². The highest BCUT2D eigenvalue weighted by Gasteiger charge is 2.28. The van der Waals surface area contributed by atoms with Crippen molar-refractivity contribution in [1.29, 1.82) is 0 Å². The van der Waals surface area contributed by atoms with E-state index in [1.54, 1.807) is 11.3 Å². The predicted octanol–water partition coefficient (Wildman–Crippen LogP) is 5.40. The van der Waals surface area contributed by atoms with Crippen molar-refractivity contribution in [1.82, 2.24) is 20.2 Å². The van der Waals surface area contributed by atoms with Gasteiger partial charge in [0.05, 0.1) is 18.3 Å². The molecule has 190 valence electrons. The maximum absolute atomic E-state index is 12.8. The van der Waals surface area contributed by atoms with Gasteiger partial charge in [-0.2, -0.15) is 0 Å². The van der Waals surface area contributed by atoms with Gasteiger partial charge in [-0.15, -0.1) is 11.3 Å². The average Bonchev–Trinajstić information content (AvgIpc) is 3.37. The van der Waals surface area contributed by atoms with E-state index in [-0.39, 0.29) is 11.9 Å². The number of carbonyl (C=O) groups is 1. The number of aromatic nitrogens is 2. The summed E-state index contributed by atoms with van der Waals surface area (Å²) in [6, 6.07) is 13.1. The van der Waals surface area contributed by atoms with Crippen molar-refractivity contribution in [2.45, 2.75) is 65.2 Å². The van der Waals surface area contributed by atoms with Gasteiger partial charge < -0.3 is 5.32 Å². The lowest BCUT2D eigenvalue weighted by Gasteiger charge is -2.34. The topological polar surface area (TPSA) is 82.8 Å². The molecule has 0 saturated carbocycles. The summed E-state index contributed by atoms with van der Waals surface area (Å²) in [5.41, 5.74) is 7.14. The van der Waals surface area contributed by atoms with Crippen molar-refractivity contribution in [2.24, 2.45) is 9.98 Å². The average molecular weight is 513 g/mol. The minimum absolute atomic E-state index is 0.0896. The molecule has 0 bridgehead atoms. The molecule has 1 atom stereocenters. The lowest BCUT2D eigenvalue weighted by molar-refractivity contribution is -0.117. The number of aliphatic imine (C=N–C) groups is 2. The van der Waals surface area contributed by atoms with E-state index in [1.807, 2.05) is 37.7 Å². The van der Waals surface area contributed by atoms with Crippen LogP contribution in [0.5, 0.6) is 0 Å². The molecule has 8 heteroatoms. The minimum atomic E-state index is -0.0896. The number of hydrogen-bond donors (Lipinski definition) is 1. The zero-order chi connectivity index (χ0) is 25.6. The van der Waals surface area contributed by atoms with Gasteiger partial charge in [0.15, 0.2) is 0 Å². The van der Waals surface area contributed by atoms with E-state index in [2.05, 4.69) is 55.5 Å². The van der Waals surface area contributed by atoms with Crippen LogP contribution in [0.3, 0.4) is 0 Å². The van der Waals surface area contributed by atoms with E-state index in [1.165, 1.54) is 29.6 Å². The van der Waals surface area contributed by atoms with Crippen LogP contribution in [0.4, 0.5) is 0 Å². The molecule has 0 radical (unpaired) electrons. The van der Waals surface area contributed by atoms with Crippen LogP contribution in [0.1, 0.15) is 66.5 Å². The lowest BCUT2D eigenvalue weighted by Crippen LogP contribution is -2.31. The molecule has 5 rings (SSSR count). The number of carbonyl (C=O) groups excluding carboxylic acids is 1.